The fraction of sp³-hybridized carbons (Fsp3) is 1.00. The lowest BCUT2D eigenvalue weighted by molar-refractivity contribution is -0.0287. The molecule has 2 heterocycles. The van der Waals surface area contributed by atoms with Gasteiger partial charge in [-0.15, -0.1) is 0 Å². The Morgan fingerprint density at radius 2 is 0.674 bits per heavy atom. The molecule has 2 aliphatic heterocycles. The number of likely N-dealkylation sites (N-methyl/N-ethyl adjacent to an activating group) is 2. The average molecular weight is 665 g/mol. The van der Waals surface area contributed by atoms with Gasteiger partial charge in [0.1, 0.15) is 0 Å². The third-order valence-corrected chi connectivity index (χ3v) is 6.24. The van der Waals surface area contributed by atoms with Crippen LogP contribution in [0.5, 0.6) is 0 Å². The molecular weight excluding hydrogens is 584 g/mol. The monoisotopic (exact) mass is 665 g/mol. The van der Waals surface area contributed by atoms with Crippen molar-refractivity contribution in [3.8, 4) is 0 Å². The van der Waals surface area contributed by atoms with Gasteiger partial charge in [0.2, 0.25) is 0 Å². The molecule has 2 rings (SSSR count). The quantitative estimate of drug-likeness (QED) is 0.285. The number of morpholine rings is 2. The number of ether oxygens (including phenoxy) is 6. The predicted molar refractivity (Wildman–Crippen MR) is 194 cm³/mol. The summed E-state index contributed by atoms with van der Waals surface area (Å²) in [6.45, 7) is 40.0. The average Bonchev–Trinajstić information content (AvgIpc) is 2.88. The van der Waals surface area contributed by atoms with Crippen molar-refractivity contribution in [3.63, 3.8) is 0 Å². The van der Waals surface area contributed by atoms with Crippen LogP contribution in [0.15, 0.2) is 0 Å². The summed E-state index contributed by atoms with van der Waals surface area (Å²) in [6, 6.07) is 0. The van der Waals surface area contributed by atoms with Crippen molar-refractivity contribution in [1.82, 2.24) is 19.6 Å². The predicted octanol–water partition coefficient (Wildman–Crippen LogP) is 4.99. The Morgan fingerprint density at radius 3 is 0.891 bits per heavy atom. The number of nitrogens with zero attached hydrogens (tertiary/aromatic N) is 4. The van der Waals surface area contributed by atoms with Crippen LogP contribution in [0, 0.1) is 0 Å². The van der Waals surface area contributed by atoms with E-state index in [1.165, 1.54) is 0 Å². The van der Waals surface area contributed by atoms with Gasteiger partial charge in [-0.25, -0.2) is 0 Å². The molecule has 0 aromatic heterocycles. The van der Waals surface area contributed by atoms with Crippen molar-refractivity contribution in [1.29, 1.82) is 0 Å². The fourth-order valence-electron chi connectivity index (χ4n) is 3.68. The van der Waals surface area contributed by atoms with Gasteiger partial charge in [0.15, 0.2) is 0 Å². The second-order valence-electron chi connectivity index (χ2n) is 16.4. The lowest BCUT2D eigenvalue weighted by Gasteiger charge is -2.28. The molecule has 0 aromatic rings. The molecule has 2 saturated heterocycles. The van der Waals surface area contributed by atoms with Crippen LogP contribution in [-0.4, -0.2) is 175 Å². The first-order chi connectivity index (χ1) is 21.0. The molecule has 2 aliphatic rings. The first-order valence-electron chi connectivity index (χ1n) is 17.4. The van der Waals surface area contributed by atoms with Crippen molar-refractivity contribution in [2.75, 3.05) is 133 Å². The molecule has 0 bridgehead atoms. The van der Waals surface area contributed by atoms with E-state index in [1.807, 2.05) is 28.2 Å². The Morgan fingerprint density at radius 1 is 0.435 bits per heavy atom. The van der Waals surface area contributed by atoms with Gasteiger partial charge in [0.25, 0.3) is 0 Å². The van der Waals surface area contributed by atoms with Gasteiger partial charge in [0, 0.05) is 52.4 Å². The van der Waals surface area contributed by atoms with Crippen molar-refractivity contribution in [2.45, 2.75) is 105 Å². The van der Waals surface area contributed by atoms with Crippen LogP contribution in [-0.2, 0) is 28.4 Å². The number of hydrogen-bond acceptors (Lipinski definition) is 10. The van der Waals surface area contributed by atoms with E-state index in [2.05, 4.69) is 103 Å². The zero-order valence-electron chi connectivity index (χ0n) is 33.6. The molecule has 0 atom stereocenters. The van der Waals surface area contributed by atoms with Gasteiger partial charge in [-0.1, -0.05) is 0 Å². The third kappa shape index (κ3) is 41.6. The topological polar surface area (TPSA) is 68.3 Å². The standard InChI is InChI=1S/2C10H21NO2.2C8H19NO/c2*1-10(2,3)13-9-6-11-4-7-12-8-5-11;2*1-8(2,3)10-7-6-9(4)5/h2*4-9H2,1-3H3;2*6-7H2,1-5H3. The van der Waals surface area contributed by atoms with E-state index in [4.69, 9.17) is 28.4 Å². The normalized spacial score (nSPS) is 17.1. The van der Waals surface area contributed by atoms with Crippen LogP contribution < -0.4 is 0 Å². The first kappa shape index (κ1) is 47.7. The van der Waals surface area contributed by atoms with E-state index in [9.17, 15) is 0 Å². The molecule has 10 heteroatoms. The van der Waals surface area contributed by atoms with Gasteiger partial charge >= 0.3 is 0 Å². The maximum atomic E-state index is 5.65. The lowest BCUT2D eigenvalue weighted by Crippen LogP contribution is -2.39. The Bertz CT molecular complexity index is 612. The maximum Gasteiger partial charge on any atom is 0.0600 e. The third-order valence-electron chi connectivity index (χ3n) is 6.24. The highest BCUT2D eigenvalue weighted by atomic mass is 16.5. The molecule has 0 spiro atoms. The Hall–Kier alpha value is -0.400. The van der Waals surface area contributed by atoms with Crippen LogP contribution in [0.1, 0.15) is 83.1 Å². The Labute approximate surface area is 286 Å². The van der Waals surface area contributed by atoms with Crippen molar-refractivity contribution in [2.24, 2.45) is 0 Å². The summed E-state index contributed by atoms with van der Waals surface area (Å²) in [4.78, 5) is 9.00. The number of rotatable bonds is 12. The first-order valence-corrected chi connectivity index (χ1v) is 17.4. The summed E-state index contributed by atoms with van der Waals surface area (Å²) in [5.41, 5.74) is 0.00456. The molecule has 280 valence electrons. The van der Waals surface area contributed by atoms with Gasteiger partial charge in [0.05, 0.1) is 75.3 Å². The second-order valence-corrected chi connectivity index (χ2v) is 16.4. The Kier molecular flexibility index (Phi) is 26.5. The van der Waals surface area contributed by atoms with E-state index in [1.54, 1.807) is 0 Å². The smallest absolute Gasteiger partial charge is 0.0600 e. The molecule has 0 unspecified atom stereocenters. The second kappa shape index (κ2) is 25.6. The summed E-state index contributed by atoms with van der Waals surface area (Å²) in [7, 11) is 8.19. The van der Waals surface area contributed by atoms with E-state index in [0.29, 0.717) is 0 Å². The minimum Gasteiger partial charge on any atom is -0.379 e. The minimum absolute atomic E-state index is 0.00765. The van der Waals surface area contributed by atoms with Gasteiger partial charge in [-0.3, -0.25) is 9.80 Å². The van der Waals surface area contributed by atoms with Crippen LogP contribution in [0.25, 0.3) is 0 Å². The lowest BCUT2D eigenvalue weighted by atomic mass is 10.2. The van der Waals surface area contributed by atoms with Crippen molar-refractivity contribution >= 4 is 0 Å². The van der Waals surface area contributed by atoms with Gasteiger partial charge < -0.3 is 38.2 Å². The highest BCUT2D eigenvalue weighted by Crippen LogP contribution is 2.08. The highest BCUT2D eigenvalue weighted by Gasteiger charge is 2.15. The van der Waals surface area contributed by atoms with Crippen LogP contribution in [0.2, 0.25) is 0 Å². The summed E-state index contributed by atoms with van der Waals surface area (Å²) in [5, 5.41) is 0. The van der Waals surface area contributed by atoms with Crippen LogP contribution >= 0.6 is 0 Å². The largest absolute Gasteiger partial charge is 0.379 e. The van der Waals surface area contributed by atoms with Gasteiger partial charge in [-0.2, -0.15) is 0 Å². The molecule has 10 nitrogen and oxygen atoms in total. The van der Waals surface area contributed by atoms with Crippen LogP contribution in [0.3, 0.4) is 0 Å². The molecule has 0 amide bonds. The van der Waals surface area contributed by atoms with E-state index < -0.39 is 0 Å². The van der Waals surface area contributed by atoms with Crippen molar-refractivity contribution < 1.29 is 28.4 Å². The minimum atomic E-state index is -0.00765. The van der Waals surface area contributed by atoms with Crippen molar-refractivity contribution in [3.05, 3.63) is 0 Å². The molecule has 2 fully saturated rings. The molecule has 0 saturated carbocycles. The molecule has 46 heavy (non-hydrogen) atoms. The molecule has 0 aliphatic carbocycles. The summed E-state index contributed by atoms with van der Waals surface area (Å²) < 4.78 is 32.8. The van der Waals surface area contributed by atoms with E-state index >= 15 is 0 Å². The molecule has 0 N–H and O–H groups in total. The van der Waals surface area contributed by atoms with E-state index in [0.717, 1.165) is 105 Å². The molecule has 0 radical (unpaired) electrons. The summed E-state index contributed by atoms with van der Waals surface area (Å²) >= 11 is 0. The summed E-state index contributed by atoms with van der Waals surface area (Å²) in [5.74, 6) is 0. The number of hydrogen-bond donors (Lipinski definition) is 0. The SMILES string of the molecule is CC(C)(C)OCCN1CCOCC1.CC(C)(C)OCCN1CCOCC1.CN(C)CCOC(C)(C)C.CN(C)CCOC(C)(C)C. The zero-order chi connectivity index (χ0) is 35.9. The summed E-state index contributed by atoms with van der Waals surface area (Å²) in [6.07, 6.45) is 0. The maximum absolute atomic E-state index is 5.65. The fourth-order valence-corrected chi connectivity index (χ4v) is 3.68. The van der Waals surface area contributed by atoms with Gasteiger partial charge in [-0.05, 0) is 111 Å². The molecular formula is C36H80N4O6. The zero-order valence-corrected chi connectivity index (χ0v) is 33.6. The Balaban J connectivity index is 0. The van der Waals surface area contributed by atoms with E-state index in [-0.39, 0.29) is 22.4 Å². The highest BCUT2D eigenvalue weighted by molar-refractivity contribution is 4.65. The molecule has 0 aromatic carbocycles. The van der Waals surface area contributed by atoms with Crippen LogP contribution in [0.4, 0.5) is 0 Å².